The average Bonchev–Trinajstić information content (AvgIpc) is 2.27. The normalized spacial score (nSPS) is 11.5. The number of anilines is 2. The molecule has 1 aromatic rings. The summed E-state index contributed by atoms with van der Waals surface area (Å²) in [5.41, 5.74) is 7.14. The Morgan fingerprint density at radius 2 is 2.06 bits per heavy atom. The lowest BCUT2D eigenvalue weighted by Gasteiger charge is -2.21. The van der Waals surface area contributed by atoms with Crippen LogP contribution in [0.2, 0.25) is 0 Å². The number of likely N-dealkylation sites (N-methyl/N-ethyl adjacent to an activating group) is 1. The van der Waals surface area contributed by atoms with Crippen molar-refractivity contribution in [1.82, 2.24) is 0 Å². The van der Waals surface area contributed by atoms with Gasteiger partial charge < -0.3 is 15.4 Å². The largest absolute Gasteiger partial charge is 0.397 e. The Morgan fingerprint density at radius 3 is 2.56 bits per heavy atom. The monoisotopic (exact) mass is 272 g/mol. The van der Waals surface area contributed by atoms with Gasteiger partial charge in [0.2, 0.25) is 0 Å². The Morgan fingerprint density at radius 1 is 1.39 bits per heavy atom. The van der Waals surface area contributed by atoms with Gasteiger partial charge in [0.25, 0.3) is 0 Å². The van der Waals surface area contributed by atoms with Gasteiger partial charge in [0.1, 0.15) is 0 Å². The molecule has 2 N–H and O–H groups in total. The Bertz CT molecular complexity index is 500. The highest BCUT2D eigenvalue weighted by Crippen LogP contribution is 2.25. The molecule has 0 fully saturated rings. The number of hydrogen-bond acceptors (Lipinski definition) is 5. The molecule has 0 saturated carbocycles. The van der Waals surface area contributed by atoms with Crippen molar-refractivity contribution in [1.29, 1.82) is 0 Å². The summed E-state index contributed by atoms with van der Waals surface area (Å²) >= 11 is 0. The third-order valence-electron chi connectivity index (χ3n) is 2.61. The summed E-state index contributed by atoms with van der Waals surface area (Å²) in [4.78, 5) is 2.18. The lowest BCUT2D eigenvalue weighted by molar-refractivity contribution is 0.154. The first-order valence-electron chi connectivity index (χ1n) is 5.74. The van der Waals surface area contributed by atoms with Crippen LogP contribution in [0.4, 0.5) is 11.4 Å². The number of sulfone groups is 1. The second kappa shape index (κ2) is 6.06. The SMILES string of the molecule is CCOCCN(C)c1ccc(S(C)(=O)=O)cc1N. The molecule has 0 amide bonds. The minimum Gasteiger partial charge on any atom is -0.397 e. The molecule has 0 heterocycles. The van der Waals surface area contributed by atoms with Crippen molar-refractivity contribution in [3.8, 4) is 0 Å². The molecule has 1 aromatic carbocycles. The molecule has 1 rings (SSSR count). The van der Waals surface area contributed by atoms with Crippen molar-refractivity contribution in [2.75, 3.05) is 43.7 Å². The lowest BCUT2D eigenvalue weighted by Crippen LogP contribution is -2.23. The highest BCUT2D eigenvalue weighted by molar-refractivity contribution is 7.90. The summed E-state index contributed by atoms with van der Waals surface area (Å²) in [5.74, 6) is 0. The number of nitrogen functional groups attached to an aromatic ring is 1. The van der Waals surface area contributed by atoms with Gasteiger partial charge in [-0.15, -0.1) is 0 Å². The molecule has 6 heteroatoms. The fourth-order valence-electron chi connectivity index (χ4n) is 1.58. The van der Waals surface area contributed by atoms with E-state index in [0.717, 1.165) is 5.69 Å². The second-order valence-corrected chi connectivity index (χ2v) is 6.13. The predicted molar refractivity (Wildman–Crippen MR) is 73.7 cm³/mol. The van der Waals surface area contributed by atoms with Crippen LogP contribution in [0.5, 0.6) is 0 Å². The van der Waals surface area contributed by atoms with E-state index in [2.05, 4.69) is 0 Å². The first kappa shape index (κ1) is 14.8. The number of benzene rings is 1. The van der Waals surface area contributed by atoms with Crippen molar-refractivity contribution in [2.24, 2.45) is 0 Å². The van der Waals surface area contributed by atoms with E-state index in [1.807, 2.05) is 18.9 Å². The summed E-state index contributed by atoms with van der Waals surface area (Å²) in [6.07, 6.45) is 1.17. The summed E-state index contributed by atoms with van der Waals surface area (Å²) in [6, 6.07) is 4.78. The molecule has 0 spiro atoms. The van der Waals surface area contributed by atoms with Crippen LogP contribution in [0.1, 0.15) is 6.92 Å². The predicted octanol–water partition coefficient (Wildman–Crippen LogP) is 1.15. The van der Waals surface area contributed by atoms with Crippen molar-refractivity contribution in [3.05, 3.63) is 18.2 Å². The van der Waals surface area contributed by atoms with E-state index in [-0.39, 0.29) is 4.90 Å². The Hall–Kier alpha value is -1.27. The summed E-state index contributed by atoms with van der Waals surface area (Å²) in [6.45, 7) is 3.93. The van der Waals surface area contributed by atoms with Gasteiger partial charge in [-0.3, -0.25) is 0 Å². The topological polar surface area (TPSA) is 72.6 Å². The fourth-order valence-corrected chi connectivity index (χ4v) is 2.23. The van der Waals surface area contributed by atoms with Crippen molar-refractivity contribution in [3.63, 3.8) is 0 Å². The molecule has 0 aliphatic rings. The Balaban J connectivity index is 2.85. The van der Waals surface area contributed by atoms with Gasteiger partial charge in [0.15, 0.2) is 9.84 Å². The fraction of sp³-hybridized carbons (Fsp3) is 0.500. The van der Waals surface area contributed by atoms with Crippen LogP contribution < -0.4 is 10.6 Å². The molecule has 18 heavy (non-hydrogen) atoms. The zero-order valence-electron chi connectivity index (χ0n) is 11.0. The number of hydrogen-bond donors (Lipinski definition) is 1. The molecular weight excluding hydrogens is 252 g/mol. The molecule has 0 bridgehead atoms. The van der Waals surface area contributed by atoms with Gasteiger partial charge in [-0.1, -0.05) is 0 Å². The zero-order chi connectivity index (χ0) is 13.8. The standard InChI is InChI=1S/C12H20N2O3S/c1-4-17-8-7-14(2)12-6-5-10(9-11(12)13)18(3,15)16/h5-6,9H,4,7-8,13H2,1-3H3. The van der Waals surface area contributed by atoms with E-state index in [0.29, 0.717) is 25.4 Å². The Labute approximate surface area is 108 Å². The lowest BCUT2D eigenvalue weighted by atomic mass is 10.2. The molecule has 0 aliphatic carbocycles. The van der Waals surface area contributed by atoms with Crippen LogP contribution in [0.3, 0.4) is 0 Å². The van der Waals surface area contributed by atoms with E-state index in [4.69, 9.17) is 10.5 Å². The van der Waals surface area contributed by atoms with Crippen LogP contribution in [0.15, 0.2) is 23.1 Å². The average molecular weight is 272 g/mol. The maximum Gasteiger partial charge on any atom is 0.175 e. The van der Waals surface area contributed by atoms with E-state index >= 15 is 0 Å². The minimum absolute atomic E-state index is 0.238. The van der Waals surface area contributed by atoms with Crippen LogP contribution in [0, 0.1) is 0 Å². The maximum atomic E-state index is 11.4. The Kier molecular flexibility index (Phi) is 4.98. The quantitative estimate of drug-likeness (QED) is 0.621. The molecule has 0 atom stereocenters. The smallest absolute Gasteiger partial charge is 0.175 e. The van der Waals surface area contributed by atoms with Crippen molar-refractivity contribution < 1.29 is 13.2 Å². The second-order valence-electron chi connectivity index (χ2n) is 4.11. The molecule has 0 unspecified atom stereocenters. The summed E-state index contributed by atoms with van der Waals surface area (Å²) in [7, 11) is -1.32. The highest BCUT2D eigenvalue weighted by Gasteiger charge is 2.11. The molecule has 0 radical (unpaired) electrons. The van der Waals surface area contributed by atoms with E-state index < -0.39 is 9.84 Å². The third-order valence-corrected chi connectivity index (χ3v) is 3.72. The maximum absolute atomic E-state index is 11.4. The molecule has 0 aromatic heterocycles. The first-order chi connectivity index (χ1) is 8.36. The molecule has 102 valence electrons. The van der Waals surface area contributed by atoms with E-state index in [9.17, 15) is 8.42 Å². The zero-order valence-corrected chi connectivity index (χ0v) is 11.8. The van der Waals surface area contributed by atoms with E-state index in [1.54, 1.807) is 12.1 Å². The van der Waals surface area contributed by atoms with Crippen LogP contribution in [-0.4, -0.2) is 41.5 Å². The highest BCUT2D eigenvalue weighted by atomic mass is 32.2. The van der Waals surface area contributed by atoms with Gasteiger partial charge in [0.05, 0.1) is 22.9 Å². The van der Waals surface area contributed by atoms with Crippen LogP contribution in [0.25, 0.3) is 0 Å². The summed E-state index contributed by atoms with van der Waals surface area (Å²) in [5, 5.41) is 0. The van der Waals surface area contributed by atoms with Crippen LogP contribution >= 0.6 is 0 Å². The van der Waals surface area contributed by atoms with Crippen LogP contribution in [-0.2, 0) is 14.6 Å². The van der Waals surface area contributed by atoms with Crippen molar-refractivity contribution in [2.45, 2.75) is 11.8 Å². The van der Waals surface area contributed by atoms with Gasteiger partial charge in [-0.05, 0) is 25.1 Å². The first-order valence-corrected chi connectivity index (χ1v) is 7.64. The summed E-state index contributed by atoms with van der Waals surface area (Å²) < 4.78 is 28.0. The number of nitrogens with two attached hydrogens (primary N) is 1. The van der Waals surface area contributed by atoms with Gasteiger partial charge in [-0.2, -0.15) is 0 Å². The van der Waals surface area contributed by atoms with Crippen molar-refractivity contribution >= 4 is 21.2 Å². The minimum atomic E-state index is -3.21. The van der Waals surface area contributed by atoms with Gasteiger partial charge in [0, 0.05) is 26.5 Å². The molecule has 0 saturated heterocycles. The third kappa shape index (κ3) is 3.89. The number of nitrogens with zero attached hydrogens (tertiary/aromatic N) is 1. The van der Waals surface area contributed by atoms with Gasteiger partial charge >= 0.3 is 0 Å². The molecule has 5 nitrogen and oxygen atoms in total. The molecular formula is C12H20N2O3S. The molecule has 0 aliphatic heterocycles. The van der Waals surface area contributed by atoms with Gasteiger partial charge in [-0.25, -0.2) is 8.42 Å². The number of ether oxygens (including phenoxy) is 1. The van der Waals surface area contributed by atoms with E-state index in [1.165, 1.54) is 12.3 Å². The number of rotatable bonds is 6.